The molecule has 0 spiro atoms. The molecule has 198 valence electrons. The van der Waals surface area contributed by atoms with Crippen LogP contribution in [-0.2, 0) is 27.2 Å². The second-order valence-electron chi connectivity index (χ2n) is 9.22. The van der Waals surface area contributed by atoms with E-state index in [1.165, 1.54) is 7.11 Å². The second-order valence-corrected chi connectivity index (χ2v) is 9.22. The fourth-order valence-electron chi connectivity index (χ4n) is 3.61. The lowest BCUT2D eigenvalue weighted by Crippen LogP contribution is -2.57. The van der Waals surface area contributed by atoms with E-state index >= 15 is 0 Å². The van der Waals surface area contributed by atoms with Crippen LogP contribution in [0, 0.1) is 0 Å². The highest BCUT2D eigenvalue weighted by molar-refractivity contribution is 5.77. The van der Waals surface area contributed by atoms with Crippen LogP contribution < -0.4 is 20.1 Å². The van der Waals surface area contributed by atoms with Crippen LogP contribution in [0.5, 0.6) is 11.5 Å². The number of hydrogen-bond donors (Lipinski definition) is 3. The van der Waals surface area contributed by atoms with E-state index < -0.39 is 35.9 Å². The molecule has 3 N–H and O–H groups in total. The average Bonchev–Trinajstić information content (AvgIpc) is 2.83. The zero-order valence-electron chi connectivity index (χ0n) is 21.9. The first-order chi connectivity index (χ1) is 17.1. The summed E-state index contributed by atoms with van der Waals surface area (Å²) in [5.41, 5.74) is 0.896. The van der Waals surface area contributed by atoms with Crippen molar-refractivity contribution in [1.29, 1.82) is 0 Å². The van der Waals surface area contributed by atoms with Crippen molar-refractivity contribution in [3.05, 3.63) is 59.7 Å². The Labute approximate surface area is 213 Å². The fourth-order valence-corrected chi connectivity index (χ4v) is 3.61. The predicted molar refractivity (Wildman–Crippen MR) is 136 cm³/mol. The van der Waals surface area contributed by atoms with Gasteiger partial charge in [-0.05, 0) is 45.7 Å². The Morgan fingerprint density at radius 1 is 1.03 bits per heavy atom. The van der Waals surface area contributed by atoms with Gasteiger partial charge in [0.05, 0.1) is 26.9 Å². The lowest BCUT2D eigenvalue weighted by molar-refractivity contribution is -0.149. The Morgan fingerprint density at radius 3 is 2.31 bits per heavy atom. The van der Waals surface area contributed by atoms with Gasteiger partial charge in [0.2, 0.25) is 0 Å². The topological polar surface area (TPSA) is 115 Å². The van der Waals surface area contributed by atoms with Crippen LogP contribution in [0.4, 0.5) is 4.79 Å². The van der Waals surface area contributed by atoms with Gasteiger partial charge in [-0.25, -0.2) is 4.79 Å². The molecule has 0 heterocycles. The van der Waals surface area contributed by atoms with Crippen molar-refractivity contribution in [2.75, 3.05) is 20.8 Å². The number of amides is 1. The molecule has 0 saturated heterocycles. The molecule has 3 atom stereocenters. The third-order valence-electron chi connectivity index (χ3n) is 5.30. The van der Waals surface area contributed by atoms with Gasteiger partial charge in [0.1, 0.15) is 29.2 Å². The lowest BCUT2D eigenvalue weighted by atomic mass is 9.96. The van der Waals surface area contributed by atoms with Gasteiger partial charge in [0.25, 0.3) is 0 Å². The molecule has 2 rings (SSSR count). The summed E-state index contributed by atoms with van der Waals surface area (Å²) in [6, 6.07) is 12.7. The first kappa shape index (κ1) is 28.9. The van der Waals surface area contributed by atoms with E-state index in [4.69, 9.17) is 18.9 Å². The van der Waals surface area contributed by atoms with Crippen molar-refractivity contribution in [3.63, 3.8) is 0 Å². The molecule has 0 bridgehead atoms. The first-order valence-corrected chi connectivity index (χ1v) is 11.9. The molecule has 0 aliphatic rings. The number of nitrogens with one attached hydrogen (secondary N) is 2. The zero-order valence-corrected chi connectivity index (χ0v) is 21.9. The van der Waals surface area contributed by atoms with E-state index in [0.717, 1.165) is 11.1 Å². The molecule has 0 radical (unpaired) electrons. The number of hydrogen-bond acceptors (Lipinski definition) is 8. The predicted octanol–water partition coefficient (Wildman–Crippen LogP) is 3.22. The number of esters is 1. The number of methoxy groups -OCH3 is 2. The van der Waals surface area contributed by atoms with Crippen molar-refractivity contribution >= 4 is 12.1 Å². The number of rotatable bonds is 12. The molecule has 0 unspecified atom stereocenters. The van der Waals surface area contributed by atoms with Gasteiger partial charge >= 0.3 is 12.1 Å². The largest absolute Gasteiger partial charge is 0.497 e. The average molecular weight is 503 g/mol. The summed E-state index contributed by atoms with van der Waals surface area (Å²) in [5.74, 6) is 0.551. The summed E-state index contributed by atoms with van der Waals surface area (Å²) in [6.45, 7) is 7.27. The maximum atomic E-state index is 12.9. The fraction of sp³-hybridized carbons (Fsp3) is 0.481. The number of benzene rings is 2. The zero-order chi connectivity index (χ0) is 26.7. The first-order valence-electron chi connectivity index (χ1n) is 11.9. The van der Waals surface area contributed by atoms with Crippen LogP contribution in [0.25, 0.3) is 0 Å². The Morgan fingerprint density at radius 2 is 1.72 bits per heavy atom. The highest BCUT2D eigenvalue weighted by Gasteiger charge is 2.36. The summed E-state index contributed by atoms with van der Waals surface area (Å²) in [7, 11) is 3.10. The molecule has 0 aromatic heterocycles. The molecule has 0 saturated carbocycles. The van der Waals surface area contributed by atoms with Crippen molar-refractivity contribution in [3.8, 4) is 11.5 Å². The van der Waals surface area contributed by atoms with Crippen molar-refractivity contribution in [2.24, 2.45) is 0 Å². The molecule has 9 heteroatoms. The summed E-state index contributed by atoms with van der Waals surface area (Å²) < 4.78 is 21.3. The van der Waals surface area contributed by atoms with Crippen LogP contribution in [0.15, 0.2) is 48.5 Å². The van der Waals surface area contributed by atoms with Gasteiger partial charge in [0, 0.05) is 18.2 Å². The smallest absolute Gasteiger partial charge is 0.407 e. The molecular weight excluding hydrogens is 464 g/mol. The number of aliphatic hydroxyl groups is 1. The third-order valence-corrected chi connectivity index (χ3v) is 5.30. The van der Waals surface area contributed by atoms with Gasteiger partial charge < -0.3 is 29.4 Å². The monoisotopic (exact) mass is 502 g/mol. The standard InChI is InChI=1S/C27H38N2O7/c1-7-35-25(31)23(28-17-19-13-14-20(33-5)16-22(19)34-6)24(30)21(15-18-11-9-8-10-12-18)29-26(32)36-27(2,3)4/h8-14,16,21,23-24,28,30H,7,15,17H2,1-6H3,(H,29,32)/t21-,23+,24+/m0/s1. The van der Waals surface area contributed by atoms with Gasteiger partial charge in [0.15, 0.2) is 0 Å². The number of ether oxygens (including phenoxy) is 4. The van der Waals surface area contributed by atoms with E-state index in [-0.39, 0.29) is 19.6 Å². The minimum Gasteiger partial charge on any atom is -0.497 e. The number of carbonyl (C=O) groups is 2. The van der Waals surface area contributed by atoms with E-state index in [1.54, 1.807) is 53.0 Å². The number of aliphatic hydroxyl groups excluding tert-OH is 1. The van der Waals surface area contributed by atoms with Gasteiger partial charge in [-0.15, -0.1) is 0 Å². The van der Waals surface area contributed by atoms with E-state index in [1.807, 2.05) is 30.3 Å². The second kappa shape index (κ2) is 13.7. The van der Waals surface area contributed by atoms with Gasteiger partial charge in [-0.3, -0.25) is 10.1 Å². The van der Waals surface area contributed by atoms with Gasteiger partial charge in [-0.1, -0.05) is 36.4 Å². The summed E-state index contributed by atoms with van der Waals surface area (Å²) in [6.07, 6.45) is -1.76. The SMILES string of the molecule is CCOC(=O)[C@H](NCc1ccc(OC)cc1OC)[C@H](O)[C@H](Cc1ccccc1)NC(=O)OC(C)(C)C. The molecule has 9 nitrogen and oxygen atoms in total. The molecule has 2 aromatic carbocycles. The van der Waals surface area contributed by atoms with Crippen LogP contribution in [0.1, 0.15) is 38.8 Å². The molecule has 36 heavy (non-hydrogen) atoms. The van der Waals surface area contributed by atoms with Gasteiger partial charge in [-0.2, -0.15) is 0 Å². The molecular formula is C27H38N2O7. The maximum Gasteiger partial charge on any atom is 0.407 e. The normalized spacial score (nSPS) is 13.8. The summed E-state index contributed by atoms with van der Waals surface area (Å²) in [5, 5.41) is 17.2. The highest BCUT2D eigenvalue weighted by atomic mass is 16.6. The molecule has 1 amide bonds. The molecule has 2 aromatic rings. The van der Waals surface area contributed by atoms with E-state index in [0.29, 0.717) is 11.5 Å². The van der Waals surface area contributed by atoms with Crippen LogP contribution in [0.3, 0.4) is 0 Å². The quantitative estimate of drug-likeness (QED) is 0.379. The van der Waals surface area contributed by atoms with Crippen LogP contribution in [0.2, 0.25) is 0 Å². The highest BCUT2D eigenvalue weighted by Crippen LogP contribution is 2.25. The lowest BCUT2D eigenvalue weighted by Gasteiger charge is -2.31. The van der Waals surface area contributed by atoms with E-state index in [2.05, 4.69) is 10.6 Å². The minimum absolute atomic E-state index is 0.137. The Kier molecular flexibility index (Phi) is 11.0. The maximum absolute atomic E-state index is 12.9. The Hall–Kier alpha value is -3.30. The summed E-state index contributed by atoms with van der Waals surface area (Å²) in [4.78, 5) is 25.5. The number of carbonyl (C=O) groups excluding carboxylic acids is 2. The molecule has 0 fully saturated rings. The number of alkyl carbamates (subject to hydrolysis) is 1. The van der Waals surface area contributed by atoms with Crippen LogP contribution >= 0.6 is 0 Å². The Bertz CT molecular complexity index is 976. The molecule has 0 aliphatic carbocycles. The third kappa shape index (κ3) is 9.05. The van der Waals surface area contributed by atoms with E-state index in [9.17, 15) is 14.7 Å². The van der Waals surface area contributed by atoms with Crippen molar-refractivity contribution in [1.82, 2.24) is 10.6 Å². The van der Waals surface area contributed by atoms with Crippen molar-refractivity contribution < 1.29 is 33.6 Å². The van der Waals surface area contributed by atoms with Crippen LogP contribution in [-0.4, -0.2) is 61.8 Å². The molecule has 0 aliphatic heterocycles. The summed E-state index contributed by atoms with van der Waals surface area (Å²) >= 11 is 0. The van der Waals surface area contributed by atoms with Crippen molar-refractivity contribution in [2.45, 2.75) is 64.4 Å². The Balaban J connectivity index is 2.30. The minimum atomic E-state index is -1.33.